The predicted octanol–water partition coefficient (Wildman–Crippen LogP) is 3.34. The molecule has 1 aliphatic rings. The van der Waals surface area contributed by atoms with Crippen LogP contribution in [0.1, 0.15) is 12.0 Å². The number of aliphatic imine (C=N–C) groups is 1. The Morgan fingerprint density at radius 3 is 2.36 bits per heavy atom. The number of nitrogens with zero attached hydrogens (tertiary/aromatic N) is 2. The van der Waals surface area contributed by atoms with Crippen molar-refractivity contribution in [2.75, 3.05) is 6.54 Å². The Balaban J connectivity index is 1.80. The second-order valence-corrected chi connectivity index (χ2v) is 6.83. The van der Waals surface area contributed by atoms with E-state index in [1.807, 2.05) is 60.7 Å². The molecule has 1 N–H and O–H groups in total. The molecule has 1 unspecified atom stereocenters. The molecule has 1 saturated heterocycles. The quantitative estimate of drug-likeness (QED) is 0.864. The fourth-order valence-electron chi connectivity index (χ4n) is 2.59. The van der Waals surface area contributed by atoms with E-state index >= 15 is 0 Å². The van der Waals surface area contributed by atoms with Gasteiger partial charge in [0, 0.05) is 6.54 Å². The maximum atomic E-state index is 12.6. The summed E-state index contributed by atoms with van der Waals surface area (Å²) in [5.41, 5.74) is 1.87. The molecule has 1 atom stereocenters. The van der Waals surface area contributed by atoms with Crippen LogP contribution in [-0.2, 0) is 16.0 Å². The Labute approximate surface area is 150 Å². The van der Waals surface area contributed by atoms with E-state index in [9.17, 15) is 9.59 Å². The zero-order valence-electron chi connectivity index (χ0n) is 13.5. The summed E-state index contributed by atoms with van der Waals surface area (Å²) >= 11 is 1.23. The largest absolute Gasteiger partial charge is 0.481 e. The topological polar surface area (TPSA) is 70.0 Å². The number of thioether (sulfide) groups is 1. The number of amides is 1. The van der Waals surface area contributed by atoms with Crippen molar-refractivity contribution in [1.29, 1.82) is 0 Å². The van der Waals surface area contributed by atoms with Crippen LogP contribution in [0.3, 0.4) is 0 Å². The number of para-hydroxylation sites is 1. The fraction of sp³-hybridized carbons (Fsp3) is 0.211. The number of benzene rings is 2. The van der Waals surface area contributed by atoms with Gasteiger partial charge in [-0.2, -0.15) is 0 Å². The summed E-state index contributed by atoms with van der Waals surface area (Å²) in [5.74, 6) is -1.16. The van der Waals surface area contributed by atoms with E-state index < -0.39 is 11.2 Å². The number of carbonyl (C=O) groups is 2. The Kier molecular flexibility index (Phi) is 5.50. The fourth-order valence-corrected chi connectivity index (χ4v) is 3.76. The number of aliphatic carboxylic acids is 1. The predicted molar refractivity (Wildman–Crippen MR) is 99.0 cm³/mol. The minimum absolute atomic E-state index is 0.182. The zero-order chi connectivity index (χ0) is 17.6. The van der Waals surface area contributed by atoms with E-state index in [2.05, 4.69) is 4.99 Å². The van der Waals surface area contributed by atoms with Gasteiger partial charge in [-0.1, -0.05) is 60.3 Å². The summed E-state index contributed by atoms with van der Waals surface area (Å²) in [4.78, 5) is 29.8. The molecule has 2 aromatic carbocycles. The van der Waals surface area contributed by atoms with Crippen LogP contribution in [0.5, 0.6) is 0 Å². The zero-order valence-corrected chi connectivity index (χ0v) is 14.4. The molecule has 1 fully saturated rings. The molecule has 5 nitrogen and oxygen atoms in total. The highest BCUT2D eigenvalue weighted by molar-refractivity contribution is 8.15. The Bertz CT molecular complexity index is 778. The first kappa shape index (κ1) is 17.2. The molecular formula is C19H18N2O3S. The van der Waals surface area contributed by atoms with E-state index in [0.717, 1.165) is 11.3 Å². The van der Waals surface area contributed by atoms with Gasteiger partial charge in [0.15, 0.2) is 5.17 Å². The molecule has 25 heavy (non-hydrogen) atoms. The third-order valence-electron chi connectivity index (χ3n) is 3.83. The van der Waals surface area contributed by atoms with Crippen LogP contribution in [0.25, 0.3) is 0 Å². The number of hydrogen-bond acceptors (Lipinski definition) is 4. The number of carboxylic acid groups (broad SMARTS) is 1. The summed E-state index contributed by atoms with van der Waals surface area (Å²) in [6.07, 6.45) is 0.500. The van der Waals surface area contributed by atoms with Gasteiger partial charge in [-0.3, -0.25) is 14.5 Å². The Hall–Kier alpha value is -2.60. The van der Waals surface area contributed by atoms with E-state index in [4.69, 9.17) is 5.11 Å². The molecule has 1 aliphatic heterocycles. The molecule has 1 heterocycles. The van der Waals surface area contributed by atoms with Gasteiger partial charge in [0.25, 0.3) is 0 Å². The van der Waals surface area contributed by atoms with Crippen molar-refractivity contribution in [3.05, 3.63) is 66.2 Å². The minimum Gasteiger partial charge on any atom is -0.481 e. The van der Waals surface area contributed by atoms with Gasteiger partial charge in [0.05, 0.1) is 12.1 Å². The van der Waals surface area contributed by atoms with Crippen LogP contribution in [0.2, 0.25) is 0 Å². The molecule has 2 aromatic rings. The molecule has 0 saturated carbocycles. The second-order valence-electron chi connectivity index (χ2n) is 5.66. The normalized spacial score (nSPS) is 18.7. The van der Waals surface area contributed by atoms with Crippen molar-refractivity contribution >= 4 is 34.5 Å². The molecule has 0 spiro atoms. The van der Waals surface area contributed by atoms with Crippen molar-refractivity contribution in [3.63, 3.8) is 0 Å². The molecule has 0 radical (unpaired) electrons. The van der Waals surface area contributed by atoms with Crippen LogP contribution in [0, 0.1) is 0 Å². The highest BCUT2D eigenvalue weighted by Gasteiger charge is 2.38. The maximum Gasteiger partial charge on any atom is 0.305 e. The van der Waals surface area contributed by atoms with Crippen LogP contribution >= 0.6 is 11.8 Å². The highest BCUT2D eigenvalue weighted by Crippen LogP contribution is 2.31. The van der Waals surface area contributed by atoms with E-state index in [-0.39, 0.29) is 12.3 Å². The average molecular weight is 354 g/mol. The smallest absolute Gasteiger partial charge is 0.305 e. The van der Waals surface area contributed by atoms with E-state index in [1.165, 1.54) is 11.8 Å². The first-order chi connectivity index (χ1) is 12.1. The molecule has 1 amide bonds. The number of hydrogen-bond donors (Lipinski definition) is 1. The van der Waals surface area contributed by atoms with Crippen LogP contribution in [0.4, 0.5) is 5.69 Å². The lowest BCUT2D eigenvalue weighted by molar-refractivity contribution is -0.139. The molecule has 128 valence electrons. The van der Waals surface area contributed by atoms with Crippen LogP contribution < -0.4 is 0 Å². The van der Waals surface area contributed by atoms with E-state index in [1.54, 1.807) is 4.90 Å². The molecule has 3 rings (SSSR count). The first-order valence-electron chi connectivity index (χ1n) is 8.01. The minimum atomic E-state index is -0.977. The van der Waals surface area contributed by atoms with Crippen molar-refractivity contribution in [3.8, 4) is 0 Å². The molecule has 0 bridgehead atoms. The molecular weight excluding hydrogens is 336 g/mol. The monoisotopic (exact) mass is 354 g/mol. The number of rotatable bonds is 6. The third-order valence-corrected chi connectivity index (χ3v) is 5.00. The summed E-state index contributed by atoms with van der Waals surface area (Å²) in [6, 6.07) is 19.3. The molecule has 0 aliphatic carbocycles. The number of amidine groups is 1. The summed E-state index contributed by atoms with van der Waals surface area (Å²) in [6.45, 7) is 0.484. The molecule has 6 heteroatoms. The lowest BCUT2D eigenvalue weighted by Gasteiger charge is -2.16. The number of carboxylic acids is 1. The van der Waals surface area contributed by atoms with Crippen molar-refractivity contribution in [2.24, 2.45) is 4.99 Å². The summed E-state index contributed by atoms with van der Waals surface area (Å²) in [5, 5.41) is 8.99. The van der Waals surface area contributed by atoms with Gasteiger partial charge in [-0.15, -0.1) is 0 Å². The van der Waals surface area contributed by atoms with Crippen LogP contribution in [0.15, 0.2) is 65.7 Å². The van der Waals surface area contributed by atoms with E-state index in [0.29, 0.717) is 18.1 Å². The van der Waals surface area contributed by atoms with Crippen molar-refractivity contribution in [2.45, 2.75) is 18.1 Å². The first-order valence-corrected chi connectivity index (χ1v) is 8.89. The summed E-state index contributed by atoms with van der Waals surface area (Å²) in [7, 11) is 0. The standard InChI is InChI=1S/C19H18N2O3S/c22-17(23)13-16-18(24)21(12-11-14-7-3-1-4-8-14)19(25-16)20-15-9-5-2-6-10-15/h1-10,16H,11-13H2,(H,22,23). The Morgan fingerprint density at radius 2 is 1.72 bits per heavy atom. The van der Waals surface area contributed by atoms with Crippen LogP contribution in [-0.4, -0.2) is 38.8 Å². The van der Waals surface area contributed by atoms with Gasteiger partial charge < -0.3 is 5.11 Å². The molecule has 0 aromatic heterocycles. The van der Waals surface area contributed by atoms with Gasteiger partial charge in [0.1, 0.15) is 5.25 Å². The highest BCUT2D eigenvalue weighted by atomic mass is 32.2. The SMILES string of the molecule is O=C(O)CC1SC(=Nc2ccccc2)N(CCc2ccccc2)C1=O. The van der Waals surface area contributed by atoms with Crippen molar-refractivity contribution in [1.82, 2.24) is 4.90 Å². The lowest BCUT2D eigenvalue weighted by Crippen LogP contribution is -2.34. The van der Waals surface area contributed by atoms with Gasteiger partial charge >= 0.3 is 5.97 Å². The van der Waals surface area contributed by atoms with Gasteiger partial charge in [-0.25, -0.2) is 4.99 Å². The lowest BCUT2D eigenvalue weighted by atomic mass is 10.1. The number of carbonyl (C=O) groups excluding carboxylic acids is 1. The average Bonchev–Trinajstić information content (AvgIpc) is 2.89. The third kappa shape index (κ3) is 4.48. The second kappa shape index (κ2) is 7.98. The van der Waals surface area contributed by atoms with Crippen molar-refractivity contribution < 1.29 is 14.7 Å². The maximum absolute atomic E-state index is 12.6. The van der Waals surface area contributed by atoms with Gasteiger partial charge in [-0.05, 0) is 24.1 Å². The Morgan fingerprint density at radius 1 is 1.08 bits per heavy atom. The summed E-state index contributed by atoms with van der Waals surface area (Å²) < 4.78 is 0. The van der Waals surface area contributed by atoms with Gasteiger partial charge in [0.2, 0.25) is 5.91 Å².